The zero-order valence-corrected chi connectivity index (χ0v) is 9.47. The SMILES string of the molecule is NC1=CCN(CCCc2ccccc2)C=C1. The van der Waals surface area contributed by atoms with Crippen LogP contribution in [0.3, 0.4) is 0 Å². The summed E-state index contributed by atoms with van der Waals surface area (Å²) in [5.74, 6) is 0. The van der Waals surface area contributed by atoms with Gasteiger partial charge in [0.1, 0.15) is 0 Å². The van der Waals surface area contributed by atoms with Crippen LogP contribution in [-0.2, 0) is 6.42 Å². The first kappa shape index (κ1) is 10.8. The van der Waals surface area contributed by atoms with Gasteiger partial charge in [-0.1, -0.05) is 30.3 Å². The molecule has 1 aliphatic rings. The molecule has 0 saturated carbocycles. The summed E-state index contributed by atoms with van der Waals surface area (Å²) in [5, 5.41) is 0. The van der Waals surface area contributed by atoms with E-state index in [1.54, 1.807) is 0 Å². The lowest BCUT2D eigenvalue weighted by molar-refractivity contribution is 0.401. The summed E-state index contributed by atoms with van der Waals surface area (Å²) in [7, 11) is 0. The van der Waals surface area contributed by atoms with E-state index in [-0.39, 0.29) is 0 Å². The third kappa shape index (κ3) is 3.16. The Labute approximate surface area is 97.1 Å². The number of nitrogens with zero attached hydrogens (tertiary/aromatic N) is 1. The molecular weight excluding hydrogens is 196 g/mol. The summed E-state index contributed by atoms with van der Waals surface area (Å²) >= 11 is 0. The van der Waals surface area contributed by atoms with Crippen molar-refractivity contribution in [1.29, 1.82) is 0 Å². The first-order valence-corrected chi connectivity index (χ1v) is 5.76. The van der Waals surface area contributed by atoms with Gasteiger partial charge in [0.25, 0.3) is 0 Å². The van der Waals surface area contributed by atoms with E-state index >= 15 is 0 Å². The van der Waals surface area contributed by atoms with Crippen LogP contribution >= 0.6 is 0 Å². The second kappa shape index (κ2) is 5.40. The topological polar surface area (TPSA) is 29.3 Å². The number of rotatable bonds is 4. The normalized spacial score (nSPS) is 15.0. The van der Waals surface area contributed by atoms with Crippen molar-refractivity contribution in [2.24, 2.45) is 5.73 Å². The van der Waals surface area contributed by atoms with E-state index in [4.69, 9.17) is 5.73 Å². The maximum Gasteiger partial charge on any atom is 0.0376 e. The molecule has 0 aromatic heterocycles. The van der Waals surface area contributed by atoms with Crippen molar-refractivity contribution in [3.8, 4) is 0 Å². The predicted molar refractivity (Wildman–Crippen MR) is 67.7 cm³/mol. The van der Waals surface area contributed by atoms with Gasteiger partial charge >= 0.3 is 0 Å². The number of hydrogen-bond donors (Lipinski definition) is 1. The minimum Gasteiger partial charge on any atom is -0.399 e. The summed E-state index contributed by atoms with van der Waals surface area (Å²) in [5.41, 5.74) is 7.95. The molecule has 0 amide bonds. The number of hydrogen-bond acceptors (Lipinski definition) is 2. The number of aryl methyl sites for hydroxylation is 1. The summed E-state index contributed by atoms with van der Waals surface area (Å²) in [6.07, 6.45) is 8.43. The standard InChI is InChI=1S/C14H18N2/c15-14-8-11-16(12-9-14)10-4-7-13-5-2-1-3-6-13/h1-3,5-6,8-9,11H,4,7,10,12,15H2. The molecule has 1 aliphatic heterocycles. The molecule has 2 N–H and O–H groups in total. The lowest BCUT2D eigenvalue weighted by Gasteiger charge is -2.21. The second-order valence-corrected chi connectivity index (χ2v) is 4.10. The van der Waals surface area contributed by atoms with Gasteiger partial charge in [-0.05, 0) is 30.6 Å². The van der Waals surface area contributed by atoms with E-state index in [0.717, 1.165) is 25.2 Å². The van der Waals surface area contributed by atoms with Gasteiger partial charge in [0.15, 0.2) is 0 Å². The molecule has 0 atom stereocenters. The average Bonchev–Trinajstić information content (AvgIpc) is 2.33. The second-order valence-electron chi connectivity index (χ2n) is 4.10. The Morgan fingerprint density at radius 2 is 2.00 bits per heavy atom. The van der Waals surface area contributed by atoms with E-state index < -0.39 is 0 Å². The van der Waals surface area contributed by atoms with Crippen LogP contribution in [0.15, 0.2) is 54.4 Å². The summed E-state index contributed by atoms with van der Waals surface area (Å²) in [6.45, 7) is 2.03. The average molecular weight is 214 g/mol. The first-order chi connectivity index (χ1) is 7.84. The van der Waals surface area contributed by atoms with Crippen LogP contribution in [0.4, 0.5) is 0 Å². The Morgan fingerprint density at radius 3 is 2.69 bits per heavy atom. The molecule has 0 spiro atoms. The number of allylic oxidation sites excluding steroid dienone is 1. The monoisotopic (exact) mass is 214 g/mol. The summed E-state index contributed by atoms with van der Waals surface area (Å²) < 4.78 is 0. The molecule has 0 radical (unpaired) electrons. The van der Waals surface area contributed by atoms with Crippen LogP contribution in [0.1, 0.15) is 12.0 Å². The van der Waals surface area contributed by atoms with Crippen LogP contribution < -0.4 is 5.73 Å². The molecule has 0 saturated heterocycles. The fourth-order valence-electron chi connectivity index (χ4n) is 1.84. The Hall–Kier alpha value is -1.70. The van der Waals surface area contributed by atoms with Gasteiger partial charge in [-0.15, -0.1) is 0 Å². The minimum absolute atomic E-state index is 0.874. The van der Waals surface area contributed by atoms with Gasteiger partial charge in [-0.3, -0.25) is 0 Å². The number of nitrogens with two attached hydrogens (primary N) is 1. The van der Waals surface area contributed by atoms with Gasteiger partial charge < -0.3 is 10.6 Å². The largest absolute Gasteiger partial charge is 0.399 e. The molecule has 0 fully saturated rings. The van der Waals surface area contributed by atoms with Crippen molar-refractivity contribution in [2.75, 3.05) is 13.1 Å². The van der Waals surface area contributed by atoms with Gasteiger partial charge in [-0.25, -0.2) is 0 Å². The maximum atomic E-state index is 5.66. The van der Waals surface area contributed by atoms with E-state index in [9.17, 15) is 0 Å². The zero-order chi connectivity index (χ0) is 11.2. The molecule has 2 heteroatoms. The summed E-state index contributed by atoms with van der Waals surface area (Å²) in [6, 6.07) is 10.6. The van der Waals surface area contributed by atoms with Gasteiger partial charge in [0, 0.05) is 25.0 Å². The van der Waals surface area contributed by atoms with E-state index in [1.807, 2.05) is 6.08 Å². The van der Waals surface area contributed by atoms with E-state index in [2.05, 4.69) is 47.5 Å². The highest BCUT2D eigenvalue weighted by atomic mass is 15.1. The molecule has 1 heterocycles. The van der Waals surface area contributed by atoms with Crippen molar-refractivity contribution < 1.29 is 0 Å². The third-order valence-corrected chi connectivity index (χ3v) is 2.79. The van der Waals surface area contributed by atoms with Crippen molar-refractivity contribution in [3.63, 3.8) is 0 Å². The van der Waals surface area contributed by atoms with Crippen LogP contribution in [0.2, 0.25) is 0 Å². The highest BCUT2D eigenvalue weighted by Crippen LogP contribution is 2.06. The van der Waals surface area contributed by atoms with Crippen molar-refractivity contribution in [1.82, 2.24) is 4.90 Å². The molecule has 1 aromatic rings. The van der Waals surface area contributed by atoms with Crippen LogP contribution in [0, 0.1) is 0 Å². The van der Waals surface area contributed by atoms with Crippen molar-refractivity contribution >= 4 is 0 Å². The molecule has 0 bridgehead atoms. The molecule has 84 valence electrons. The summed E-state index contributed by atoms with van der Waals surface area (Å²) in [4.78, 5) is 2.29. The highest BCUT2D eigenvalue weighted by molar-refractivity contribution is 5.19. The smallest absolute Gasteiger partial charge is 0.0376 e. The van der Waals surface area contributed by atoms with Crippen LogP contribution in [0.25, 0.3) is 0 Å². The minimum atomic E-state index is 0.874. The van der Waals surface area contributed by atoms with Crippen LogP contribution in [0.5, 0.6) is 0 Å². The van der Waals surface area contributed by atoms with Crippen molar-refractivity contribution in [2.45, 2.75) is 12.8 Å². The van der Waals surface area contributed by atoms with Crippen LogP contribution in [-0.4, -0.2) is 18.0 Å². The van der Waals surface area contributed by atoms with E-state index in [1.165, 1.54) is 12.0 Å². The fourth-order valence-corrected chi connectivity index (χ4v) is 1.84. The molecule has 16 heavy (non-hydrogen) atoms. The molecule has 0 unspecified atom stereocenters. The quantitative estimate of drug-likeness (QED) is 0.833. The maximum absolute atomic E-state index is 5.66. The van der Waals surface area contributed by atoms with Gasteiger partial charge in [0.05, 0.1) is 0 Å². The zero-order valence-electron chi connectivity index (χ0n) is 9.47. The van der Waals surface area contributed by atoms with Crippen molar-refractivity contribution in [3.05, 3.63) is 59.9 Å². The molecule has 2 rings (SSSR count). The lowest BCUT2D eigenvalue weighted by atomic mass is 10.1. The van der Waals surface area contributed by atoms with Gasteiger partial charge in [-0.2, -0.15) is 0 Å². The predicted octanol–water partition coefficient (Wildman–Crippen LogP) is 2.29. The fraction of sp³-hybridized carbons (Fsp3) is 0.286. The molecular formula is C14H18N2. The Morgan fingerprint density at radius 1 is 1.19 bits per heavy atom. The molecule has 2 nitrogen and oxygen atoms in total. The molecule has 0 aliphatic carbocycles. The highest BCUT2D eigenvalue weighted by Gasteiger charge is 2.02. The first-order valence-electron chi connectivity index (χ1n) is 5.76. The third-order valence-electron chi connectivity index (χ3n) is 2.79. The number of benzene rings is 1. The van der Waals surface area contributed by atoms with Gasteiger partial charge in [0.2, 0.25) is 0 Å². The Bertz CT molecular complexity index is 379. The Kier molecular flexibility index (Phi) is 3.65. The Balaban J connectivity index is 1.72. The lowest BCUT2D eigenvalue weighted by Crippen LogP contribution is -2.22. The van der Waals surface area contributed by atoms with E-state index in [0.29, 0.717) is 0 Å². The molecule has 1 aromatic carbocycles.